The molecular formula is C11H5ClF8N2O. The third-order valence-corrected chi connectivity index (χ3v) is 3.07. The lowest BCUT2D eigenvalue weighted by molar-refractivity contribution is -0.353. The number of hydrogen-bond donors (Lipinski definition) is 1. The lowest BCUT2D eigenvalue weighted by atomic mass is 10.0. The van der Waals surface area contributed by atoms with Gasteiger partial charge in [-0.1, -0.05) is 0 Å². The number of aromatic amines is 1. The van der Waals surface area contributed by atoms with E-state index in [1.807, 2.05) is 0 Å². The zero-order chi connectivity index (χ0) is 17.7. The van der Waals surface area contributed by atoms with Crippen molar-refractivity contribution < 1.29 is 39.5 Å². The number of hydrogen-bond acceptors (Lipinski definition) is 2. The number of furan rings is 1. The third kappa shape index (κ3) is 2.56. The van der Waals surface area contributed by atoms with Crippen LogP contribution in [0.5, 0.6) is 0 Å². The molecular weight excluding hydrogens is 364 g/mol. The van der Waals surface area contributed by atoms with Crippen LogP contribution in [-0.2, 0) is 5.92 Å². The summed E-state index contributed by atoms with van der Waals surface area (Å²) in [5, 5.41) is -1.31. The van der Waals surface area contributed by atoms with Gasteiger partial charge in [0.05, 0.1) is 6.26 Å². The van der Waals surface area contributed by atoms with Gasteiger partial charge in [0, 0.05) is 0 Å². The maximum absolute atomic E-state index is 13.7. The number of rotatable bonds is 5. The Hall–Kier alpha value is -1.78. The first kappa shape index (κ1) is 17.6. The number of alkyl halides is 9. The van der Waals surface area contributed by atoms with Crippen molar-refractivity contribution in [3.05, 3.63) is 30.2 Å². The molecule has 2 rings (SSSR count). The average molecular weight is 369 g/mol. The second-order valence-corrected chi connectivity index (χ2v) is 4.84. The molecule has 0 saturated carbocycles. The van der Waals surface area contributed by atoms with E-state index in [2.05, 4.69) is 16.7 Å². The molecule has 2 aromatic rings. The van der Waals surface area contributed by atoms with Gasteiger partial charge < -0.3 is 4.42 Å². The first-order valence-corrected chi connectivity index (χ1v) is 6.00. The monoisotopic (exact) mass is 368 g/mol. The lowest BCUT2D eigenvalue weighted by Crippen LogP contribution is -2.59. The highest BCUT2D eigenvalue weighted by molar-refractivity contribution is 6.22. The predicted molar refractivity (Wildman–Crippen MR) is 60.9 cm³/mol. The van der Waals surface area contributed by atoms with E-state index in [4.69, 9.17) is 4.42 Å². The van der Waals surface area contributed by atoms with Gasteiger partial charge in [0.25, 0.3) is 0 Å². The summed E-state index contributed by atoms with van der Waals surface area (Å²) in [5.41, 5.74) is -2.23. The Morgan fingerprint density at radius 1 is 1.00 bits per heavy atom. The zero-order valence-corrected chi connectivity index (χ0v) is 11.3. The molecule has 2 aromatic heterocycles. The fourth-order valence-corrected chi connectivity index (χ4v) is 1.70. The van der Waals surface area contributed by atoms with Crippen LogP contribution < -0.4 is 0 Å². The van der Waals surface area contributed by atoms with E-state index >= 15 is 0 Å². The minimum absolute atomic E-state index is 0.138. The van der Waals surface area contributed by atoms with Gasteiger partial charge in [0.1, 0.15) is 11.4 Å². The highest BCUT2D eigenvalue weighted by Gasteiger charge is 2.81. The van der Waals surface area contributed by atoms with Crippen LogP contribution in [0, 0.1) is 0 Å². The number of nitrogens with zero attached hydrogens (tertiary/aromatic N) is 1. The van der Waals surface area contributed by atoms with Crippen molar-refractivity contribution in [2.45, 2.75) is 23.1 Å². The van der Waals surface area contributed by atoms with Crippen molar-refractivity contribution >= 4 is 11.6 Å². The summed E-state index contributed by atoms with van der Waals surface area (Å²) < 4.78 is 110. The SMILES string of the molecule is FC(F)(Cl)C(F)(F)C(F)(F)C(F)(F)c1cc(-c2ccco2)n[nH]1. The number of halogens is 9. The normalized spacial score (nSPS) is 14.3. The molecule has 0 radical (unpaired) electrons. The summed E-state index contributed by atoms with van der Waals surface area (Å²) in [4.78, 5) is 0. The van der Waals surface area contributed by atoms with E-state index in [0.29, 0.717) is 0 Å². The van der Waals surface area contributed by atoms with Gasteiger partial charge in [-0.05, 0) is 29.8 Å². The van der Waals surface area contributed by atoms with Crippen molar-refractivity contribution in [2.24, 2.45) is 0 Å². The van der Waals surface area contributed by atoms with Crippen LogP contribution in [0.4, 0.5) is 35.1 Å². The van der Waals surface area contributed by atoms with Gasteiger partial charge in [0.2, 0.25) is 0 Å². The molecule has 3 nitrogen and oxygen atoms in total. The standard InChI is InChI=1S/C11H5ClF8N2O/c12-11(19,20)10(17,18)9(15,16)8(13,14)7-4-5(21-22-7)6-2-1-3-23-6/h1-4H,(H,21,22). The van der Waals surface area contributed by atoms with Gasteiger partial charge in [-0.15, -0.1) is 0 Å². The molecule has 0 aliphatic rings. The van der Waals surface area contributed by atoms with Crippen LogP contribution in [0.25, 0.3) is 11.5 Å². The number of nitrogens with one attached hydrogen (secondary N) is 1. The molecule has 23 heavy (non-hydrogen) atoms. The van der Waals surface area contributed by atoms with Crippen molar-refractivity contribution in [2.75, 3.05) is 0 Å². The molecule has 0 unspecified atom stereocenters. The third-order valence-electron chi connectivity index (χ3n) is 2.83. The lowest BCUT2D eigenvalue weighted by Gasteiger charge is -2.33. The molecule has 0 aromatic carbocycles. The summed E-state index contributed by atoms with van der Waals surface area (Å²) in [7, 11) is 0. The summed E-state index contributed by atoms with van der Waals surface area (Å²) in [6.07, 6.45) is 1.11. The Kier molecular flexibility index (Phi) is 3.91. The smallest absolute Gasteiger partial charge is 0.393 e. The van der Waals surface area contributed by atoms with Crippen LogP contribution in [0.2, 0.25) is 0 Å². The van der Waals surface area contributed by atoms with Crippen LogP contribution in [0.1, 0.15) is 5.69 Å². The fraction of sp³-hybridized carbons (Fsp3) is 0.364. The minimum Gasteiger partial charge on any atom is -0.463 e. The molecule has 0 amide bonds. The van der Waals surface area contributed by atoms with Gasteiger partial charge >= 0.3 is 23.1 Å². The van der Waals surface area contributed by atoms with Gasteiger partial charge in [0.15, 0.2) is 5.76 Å². The van der Waals surface area contributed by atoms with Crippen molar-refractivity contribution in [3.63, 3.8) is 0 Å². The molecule has 0 aliphatic carbocycles. The molecule has 1 N–H and O–H groups in total. The van der Waals surface area contributed by atoms with Crippen molar-refractivity contribution in [3.8, 4) is 11.5 Å². The Bertz CT molecular complexity index is 677. The van der Waals surface area contributed by atoms with Gasteiger partial charge in [-0.2, -0.15) is 40.2 Å². The zero-order valence-electron chi connectivity index (χ0n) is 10.6. The molecule has 12 heteroatoms. The van der Waals surface area contributed by atoms with Crippen LogP contribution in [0.15, 0.2) is 28.9 Å². The van der Waals surface area contributed by atoms with E-state index in [1.54, 1.807) is 0 Å². The van der Waals surface area contributed by atoms with Gasteiger partial charge in [-0.25, -0.2) is 0 Å². The summed E-state index contributed by atoms with van der Waals surface area (Å²) in [6.45, 7) is 0. The van der Waals surface area contributed by atoms with Crippen LogP contribution >= 0.6 is 11.6 Å². The van der Waals surface area contributed by atoms with Gasteiger partial charge in [-0.3, -0.25) is 5.10 Å². The predicted octanol–water partition coefficient (Wildman–Crippen LogP) is 4.86. The van der Waals surface area contributed by atoms with E-state index < -0.39 is 34.5 Å². The summed E-state index contributed by atoms with van der Waals surface area (Å²) in [5.74, 6) is -18.9. The fourth-order valence-electron chi connectivity index (χ4n) is 1.58. The molecule has 0 bridgehead atoms. The summed E-state index contributed by atoms with van der Waals surface area (Å²) in [6, 6.07) is 2.81. The topological polar surface area (TPSA) is 41.8 Å². The second kappa shape index (κ2) is 5.11. The van der Waals surface area contributed by atoms with E-state index in [-0.39, 0.29) is 11.8 Å². The highest BCUT2D eigenvalue weighted by atomic mass is 35.5. The molecule has 0 spiro atoms. The van der Waals surface area contributed by atoms with E-state index in [0.717, 1.165) is 6.26 Å². The molecule has 0 atom stereocenters. The molecule has 0 fully saturated rings. The Labute approximate surface area is 127 Å². The maximum atomic E-state index is 13.7. The van der Waals surface area contributed by atoms with E-state index in [9.17, 15) is 35.1 Å². The number of H-pyrrole nitrogens is 1. The Morgan fingerprint density at radius 2 is 1.61 bits per heavy atom. The highest BCUT2D eigenvalue weighted by Crippen LogP contribution is 2.57. The molecule has 2 heterocycles. The Morgan fingerprint density at radius 3 is 2.09 bits per heavy atom. The Balaban J connectivity index is 2.45. The first-order chi connectivity index (χ1) is 10.3. The van der Waals surface area contributed by atoms with E-state index in [1.165, 1.54) is 17.2 Å². The maximum Gasteiger partial charge on any atom is 0.393 e. The van der Waals surface area contributed by atoms with Crippen LogP contribution in [-0.4, -0.2) is 27.4 Å². The van der Waals surface area contributed by atoms with Crippen LogP contribution in [0.3, 0.4) is 0 Å². The summed E-state index contributed by atoms with van der Waals surface area (Å²) >= 11 is 3.85. The van der Waals surface area contributed by atoms with Crippen molar-refractivity contribution in [1.82, 2.24) is 10.2 Å². The quantitative estimate of drug-likeness (QED) is 0.604. The van der Waals surface area contributed by atoms with Crippen molar-refractivity contribution in [1.29, 1.82) is 0 Å². The molecule has 0 saturated heterocycles. The second-order valence-electron chi connectivity index (χ2n) is 4.37. The minimum atomic E-state index is -6.53. The average Bonchev–Trinajstić information content (AvgIpc) is 3.08. The number of aromatic nitrogens is 2. The molecule has 128 valence electrons. The molecule has 0 aliphatic heterocycles. The largest absolute Gasteiger partial charge is 0.463 e. The first-order valence-electron chi connectivity index (χ1n) is 5.62.